The highest BCUT2D eigenvalue weighted by molar-refractivity contribution is 7.98. The Morgan fingerprint density at radius 3 is 3.00 bits per heavy atom. The minimum atomic E-state index is -0.00343. The van der Waals surface area contributed by atoms with Gasteiger partial charge in [-0.1, -0.05) is 17.7 Å². The highest BCUT2D eigenvalue weighted by atomic mass is 32.2. The fraction of sp³-hybridized carbons (Fsp3) is 0.458. The third kappa shape index (κ3) is 4.17. The second kappa shape index (κ2) is 8.79. The van der Waals surface area contributed by atoms with E-state index < -0.39 is 0 Å². The Morgan fingerprint density at radius 2 is 2.10 bits per heavy atom. The summed E-state index contributed by atoms with van der Waals surface area (Å²) in [5.74, 6) is 2.24. The zero-order chi connectivity index (χ0) is 21.4. The Kier molecular flexibility index (Phi) is 5.89. The molecule has 5 nitrogen and oxygen atoms in total. The van der Waals surface area contributed by atoms with Crippen molar-refractivity contribution >= 4 is 44.9 Å². The average Bonchev–Trinajstić information content (AvgIpc) is 3.15. The number of fused-ring (bicyclic) bond motifs is 4. The van der Waals surface area contributed by atoms with Gasteiger partial charge in [0.25, 0.3) is 5.56 Å². The van der Waals surface area contributed by atoms with Crippen molar-refractivity contribution in [2.75, 3.05) is 17.2 Å². The van der Waals surface area contributed by atoms with E-state index in [1.54, 1.807) is 23.1 Å². The Labute approximate surface area is 190 Å². The first-order valence-electron chi connectivity index (χ1n) is 11.1. The molecule has 3 aromatic rings. The monoisotopic (exact) mass is 453 g/mol. The highest BCUT2D eigenvalue weighted by Gasteiger charge is 2.22. The first-order chi connectivity index (χ1) is 15.1. The lowest BCUT2D eigenvalue weighted by molar-refractivity contribution is -0.118. The zero-order valence-corrected chi connectivity index (χ0v) is 19.5. The van der Waals surface area contributed by atoms with E-state index in [1.165, 1.54) is 28.0 Å². The number of carbonyl (C=O) groups is 1. The van der Waals surface area contributed by atoms with E-state index in [0.717, 1.165) is 60.3 Å². The van der Waals surface area contributed by atoms with Crippen LogP contribution in [0.3, 0.4) is 0 Å². The minimum Gasteiger partial charge on any atom is -0.312 e. The summed E-state index contributed by atoms with van der Waals surface area (Å²) in [6, 6.07) is 6.36. The van der Waals surface area contributed by atoms with Crippen LogP contribution in [0.1, 0.15) is 53.1 Å². The number of benzene rings is 1. The molecule has 1 aliphatic heterocycles. The van der Waals surface area contributed by atoms with Crippen LogP contribution < -0.4 is 10.5 Å². The largest absolute Gasteiger partial charge is 0.312 e. The van der Waals surface area contributed by atoms with Gasteiger partial charge in [0.05, 0.1) is 11.1 Å². The van der Waals surface area contributed by atoms with Crippen LogP contribution in [-0.4, -0.2) is 28.2 Å². The second-order valence-electron chi connectivity index (χ2n) is 8.49. The number of hydrogen-bond donors (Lipinski definition) is 1. The summed E-state index contributed by atoms with van der Waals surface area (Å²) in [5, 5.41) is 0.808. The van der Waals surface area contributed by atoms with E-state index in [4.69, 9.17) is 4.98 Å². The number of anilines is 1. The molecule has 7 heteroatoms. The van der Waals surface area contributed by atoms with Gasteiger partial charge in [-0.2, -0.15) is 11.8 Å². The van der Waals surface area contributed by atoms with E-state index in [-0.39, 0.29) is 11.5 Å². The van der Waals surface area contributed by atoms with Crippen molar-refractivity contribution in [2.45, 2.75) is 57.6 Å². The summed E-state index contributed by atoms with van der Waals surface area (Å²) in [6.07, 6.45) is 6.99. The molecule has 1 N–H and O–H groups in total. The Morgan fingerprint density at radius 1 is 1.23 bits per heavy atom. The number of aryl methyl sites for hydroxylation is 4. The summed E-state index contributed by atoms with van der Waals surface area (Å²) < 4.78 is 0. The van der Waals surface area contributed by atoms with Crippen LogP contribution in [-0.2, 0) is 29.8 Å². The van der Waals surface area contributed by atoms with Crippen molar-refractivity contribution < 1.29 is 4.79 Å². The van der Waals surface area contributed by atoms with Crippen molar-refractivity contribution in [1.29, 1.82) is 0 Å². The van der Waals surface area contributed by atoms with E-state index in [1.807, 2.05) is 4.90 Å². The molecule has 2 aromatic heterocycles. The fourth-order valence-corrected chi connectivity index (χ4v) is 6.80. The number of nitrogens with one attached hydrogen (secondary N) is 1. The van der Waals surface area contributed by atoms with Gasteiger partial charge >= 0.3 is 0 Å². The summed E-state index contributed by atoms with van der Waals surface area (Å²) in [5.41, 5.74) is 4.82. The molecular formula is C24H27N3O2S2. The van der Waals surface area contributed by atoms with E-state index in [2.05, 4.69) is 30.1 Å². The maximum atomic E-state index is 12.8. The molecule has 0 unspecified atom stereocenters. The fourth-order valence-electron chi connectivity index (χ4n) is 4.73. The number of rotatable bonds is 5. The molecule has 0 fully saturated rings. The lowest BCUT2D eigenvalue weighted by atomic mass is 9.97. The summed E-state index contributed by atoms with van der Waals surface area (Å²) >= 11 is 3.34. The molecule has 5 rings (SSSR count). The molecule has 0 radical (unpaired) electrons. The topological polar surface area (TPSA) is 66.1 Å². The molecule has 0 atom stereocenters. The number of aromatic amines is 1. The van der Waals surface area contributed by atoms with Crippen molar-refractivity contribution in [3.05, 3.63) is 55.9 Å². The smallest absolute Gasteiger partial charge is 0.259 e. The molecule has 31 heavy (non-hydrogen) atoms. The number of amides is 1. The SMILES string of the molecule is Cc1ccc2c(c1)CCCN2C(=O)CCSCc1nc2sc3c(c2c(=O)[nH]1)CCCC3. The van der Waals surface area contributed by atoms with E-state index >= 15 is 0 Å². The van der Waals surface area contributed by atoms with Crippen LogP contribution in [0.4, 0.5) is 5.69 Å². The lowest BCUT2D eigenvalue weighted by Crippen LogP contribution is -2.35. The maximum Gasteiger partial charge on any atom is 0.259 e. The maximum absolute atomic E-state index is 12.8. The molecule has 2 aliphatic rings. The molecular weight excluding hydrogens is 426 g/mol. The number of hydrogen-bond acceptors (Lipinski definition) is 5. The number of thiophene rings is 1. The van der Waals surface area contributed by atoms with Crippen LogP contribution in [0.15, 0.2) is 23.0 Å². The molecule has 0 saturated heterocycles. The van der Waals surface area contributed by atoms with Gasteiger partial charge in [-0.05, 0) is 62.6 Å². The Hall–Kier alpha value is -2.12. The Bertz CT molecular complexity index is 1200. The minimum absolute atomic E-state index is 0.00343. The normalized spacial score (nSPS) is 15.7. The molecule has 1 aliphatic carbocycles. The van der Waals surface area contributed by atoms with Crippen molar-refractivity contribution in [3.63, 3.8) is 0 Å². The van der Waals surface area contributed by atoms with Crippen molar-refractivity contribution in [2.24, 2.45) is 0 Å². The van der Waals surface area contributed by atoms with Gasteiger partial charge in [0, 0.05) is 29.3 Å². The van der Waals surface area contributed by atoms with Crippen LogP contribution in [0, 0.1) is 6.92 Å². The Balaban J connectivity index is 1.21. The molecule has 3 heterocycles. The van der Waals surface area contributed by atoms with Gasteiger partial charge in [-0.15, -0.1) is 11.3 Å². The first-order valence-corrected chi connectivity index (χ1v) is 13.1. The third-order valence-electron chi connectivity index (χ3n) is 6.23. The van der Waals surface area contributed by atoms with Crippen LogP contribution in [0.5, 0.6) is 0 Å². The van der Waals surface area contributed by atoms with Crippen molar-refractivity contribution in [1.82, 2.24) is 9.97 Å². The van der Waals surface area contributed by atoms with E-state index in [0.29, 0.717) is 18.0 Å². The van der Waals surface area contributed by atoms with Gasteiger partial charge in [-0.3, -0.25) is 9.59 Å². The number of carbonyl (C=O) groups excluding carboxylic acids is 1. The summed E-state index contributed by atoms with van der Waals surface area (Å²) in [4.78, 5) is 37.4. The number of aromatic nitrogens is 2. The van der Waals surface area contributed by atoms with E-state index in [9.17, 15) is 9.59 Å². The lowest BCUT2D eigenvalue weighted by Gasteiger charge is -2.30. The van der Waals surface area contributed by atoms with Gasteiger partial charge < -0.3 is 9.88 Å². The number of thioether (sulfide) groups is 1. The van der Waals surface area contributed by atoms with Gasteiger partial charge in [0.15, 0.2) is 0 Å². The first kappa shape index (κ1) is 20.8. The molecule has 0 spiro atoms. The van der Waals surface area contributed by atoms with Crippen LogP contribution >= 0.6 is 23.1 Å². The van der Waals surface area contributed by atoms with Crippen LogP contribution in [0.2, 0.25) is 0 Å². The standard InChI is InChI=1S/C24H27N3O2S2/c1-15-8-9-18-16(13-15)5-4-11-27(18)21(28)10-12-30-14-20-25-23(29)22-17-6-2-3-7-19(17)31-24(22)26-20/h8-9,13H,2-7,10-12,14H2,1H3,(H,25,26,29). The van der Waals surface area contributed by atoms with Crippen molar-refractivity contribution in [3.8, 4) is 0 Å². The second-order valence-corrected chi connectivity index (χ2v) is 10.7. The molecule has 1 amide bonds. The molecule has 162 valence electrons. The van der Waals surface area contributed by atoms with Gasteiger partial charge in [0.1, 0.15) is 10.7 Å². The molecule has 0 bridgehead atoms. The zero-order valence-electron chi connectivity index (χ0n) is 17.8. The quantitative estimate of drug-likeness (QED) is 0.565. The molecule has 0 saturated carbocycles. The average molecular weight is 454 g/mol. The number of nitrogens with zero attached hydrogens (tertiary/aromatic N) is 2. The summed E-state index contributed by atoms with van der Waals surface area (Å²) in [7, 11) is 0. The third-order valence-corrected chi connectivity index (χ3v) is 8.38. The highest BCUT2D eigenvalue weighted by Crippen LogP contribution is 2.34. The van der Waals surface area contributed by atoms with Crippen LogP contribution in [0.25, 0.3) is 10.2 Å². The predicted octanol–water partition coefficient (Wildman–Crippen LogP) is 4.77. The number of H-pyrrole nitrogens is 1. The molecule has 1 aromatic carbocycles. The predicted molar refractivity (Wildman–Crippen MR) is 130 cm³/mol. The van der Waals surface area contributed by atoms with Gasteiger partial charge in [-0.25, -0.2) is 4.98 Å². The van der Waals surface area contributed by atoms with Gasteiger partial charge in [0.2, 0.25) is 5.91 Å². The summed E-state index contributed by atoms with van der Waals surface area (Å²) in [6.45, 7) is 2.90.